The van der Waals surface area contributed by atoms with Crippen LogP contribution >= 0.6 is 11.6 Å². The number of benzene rings is 3. The average molecular weight is 416 g/mol. The van der Waals surface area contributed by atoms with Crippen molar-refractivity contribution in [3.05, 3.63) is 88.4 Å². The molecule has 0 radical (unpaired) electrons. The van der Waals surface area contributed by atoms with Crippen molar-refractivity contribution >= 4 is 39.0 Å². The molecule has 1 N–H and O–H groups in total. The van der Waals surface area contributed by atoms with E-state index in [-0.39, 0.29) is 15.5 Å². The minimum absolute atomic E-state index is 0.0244. The van der Waals surface area contributed by atoms with Crippen LogP contribution in [-0.4, -0.2) is 19.5 Å². The molecule has 144 valence electrons. The van der Waals surface area contributed by atoms with Gasteiger partial charge in [0.15, 0.2) is 0 Å². The molecule has 5 nitrogen and oxygen atoms in total. The van der Waals surface area contributed by atoms with Crippen molar-refractivity contribution < 1.29 is 18.3 Å². The lowest BCUT2D eigenvalue weighted by Gasteiger charge is -2.25. The second kappa shape index (κ2) is 7.66. The molecular formula is C21H18ClNO4S. The highest BCUT2D eigenvalue weighted by Gasteiger charge is 2.28. The van der Waals surface area contributed by atoms with E-state index >= 15 is 0 Å². The number of aromatic carboxylic acids is 1. The number of hydrogen-bond acceptors (Lipinski definition) is 3. The Labute approximate surface area is 168 Å². The van der Waals surface area contributed by atoms with Crippen LogP contribution in [0.1, 0.15) is 21.5 Å². The fourth-order valence-corrected chi connectivity index (χ4v) is 4.44. The monoisotopic (exact) mass is 415 g/mol. The fourth-order valence-electron chi connectivity index (χ4n) is 2.72. The standard InChI is InChI=1S/C21H18ClNO4S/c1-14-3-7-16(8-4-14)23(17-9-5-15(2)6-10-17)28(26,27)18-11-12-20(22)19(13-18)21(24)25/h3-13H,1-2H3,(H,24,25). The number of sulfonamides is 1. The van der Waals surface area contributed by atoms with E-state index in [1.165, 1.54) is 16.4 Å². The van der Waals surface area contributed by atoms with E-state index in [2.05, 4.69) is 0 Å². The Balaban J connectivity index is 2.21. The fraction of sp³-hybridized carbons (Fsp3) is 0.0952. The van der Waals surface area contributed by atoms with Crippen molar-refractivity contribution in [3.63, 3.8) is 0 Å². The molecule has 0 heterocycles. The molecule has 3 aromatic rings. The molecule has 0 aliphatic rings. The van der Waals surface area contributed by atoms with Crippen LogP contribution in [0.15, 0.2) is 71.6 Å². The summed E-state index contributed by atoms with van der Waals surface area (Å²) in [5.41, 5.74) is 2.60. The van der Waals surface area contributed by atoms with Crippen LogP contribution in [0.5, 0.6) is 0 Å². The molecule has 0 aliphatic carbocycles. The number of hydrogen-bond donors (Lipinski definition) is 1. The molecule has 0 saturated carbocycles. The van der Waals surface area contributed by atoms with Crippen molar-refractivity contribution in [2.75, 3.05) is 4.31 Å². The summed E-state index contributed by atoms with van der Waals surface area (Å²) < 4.78 is 28.2. The number of rotatable bonds is 5. The SMILES string of the molecule is Cc1ccc(N(c2ccc(C)cc2)S(=O)(=O)c2ccc(Cl)c(C(=O)O)c2)cc1. The second-order valence-electron chi connectivity index (χ2n) is 6.39. The van der Waals surface area contributed by atoms with Crippen molar-refractivity contribution in [2.45, 2.75) is 18.7 Å². The lowest BCUT2D eigenvalue weighted by Crippen LogP contribution is -2.26. The maximum absolute atomic E-state index is 13.5. The zero-order valence-electron chi connectivity index (χ0n) is 15.3. The summed E-state index contributed by atoms with van der Waals surface area (Å²) in [6.07, 6.45) is 0. The van der Waals surface area contributed by atoms with Crippen LogP contribution in [0.2, 0.25) is 5.02 Å². The topological polar surface area (TPSA) is 74.7 Å². The zero-order chi connectivity index (χ0) is 20.5. The van der Waals surface area contributed by atoms with E-state index < -0.39 is 16.0 Å². The highest BCUT2D eigenvalue weighted by Crippen LogP contribution is 2.34. The minimum Gasteiger partial charge on any atom is -0.478 e. The lowest BCUT2D eigenvalue weighted by atomic mass is 10.2. The van der Waals surface area contributed by atoms with Gasteiger partial charge in [-0.25, -0.2) is 17.5 Å². The Morgan fingerprint density at radius 1 is 0.857 bits per heavy atom. The third kappa shape index (κ3) is 3.88. The highest BCUT2D eigenvalue weighted by molar-refractivity contribution is 7.93. The molecule has 7 heteroatoms. The van der Waals surface area contributed by atoms with E-state index in [0.717, 1.165) is 17.2 Å². The Bertz CT molecular complexity index is 1080. The first-order chi connectivity index (χ1) is 13.2. The average Bonchev–Trinajstić information content (AvgIpc) is 2.65. The number of halogens is 1. The Morgan fingerprint density at radius 2 is 1.32 bits per heavy atom. The van der Waals surface area contributed by atoms with Crippen molar-refractivity contribution in [1.82, 2.24) is 0 Å². The lowest BCUT2D eigenvalue weighted by molar-refractivity contribution is 0.0697. The van der Waals surface area contributed by atoms with Crippen LogP contribution in [0.4, 0.5) is 11.4 Å². The summed E-state index contributed by atoms with van der Waals surface area (Å²) in [7, 11) is -4.09. The van der Waals surface area contributed by atoms with E-state index in [4.69, 9.17) is 11.6 Å². The normalized spacial score (nSPS) is 11.2. The summed E-state index contributed by atoms with van der Waals surface area (Å²) in [6.45, 7) is 3.82. The second-order valence-corrected chi connectivity index (χ2v) is 8.58. The van der Waals surface area contributed by atoms with Crippen molar-refractivity contribution in [2.24, 2.45) is 0 Å². The van der Waals surface area contributed by atoms with Gasteiger partial charge in [0.2, 0.25) is 0 Å². The van der Waals surface area contributed by atoms with Gasteiger partial charge >= 0.3 is 5.97 Å². The smallest absolute Gasteiger partial charge is 0.337 e. The number of anilines is 2. The molecule has 0 spiro atoms. The molecule has 3 aromatic carbocycles. The number of aryl methyl sites for hydroxylation is 2. The Morgan fingerprint density at radius 3 is 1.75 bits per heavy atom. The largest absolute Gasteiger partial charge is 0.478 e. The summed E-state index contributed by atoms with van der Waals surface area (Å²) in [6, 6.07) is 17.8. The predicted molar refractivity (Wildman–Crippen MR) is 110 cm³/mol. The van der Waals surface area contributed by atoms with E-state index in [1.54, 1.807) is 24.3 Å². The van der Waals surface area contributed by atoms with Gasteiger partial charge in [0.1, 0.15) is 0 Å². The van der Waals surface area contributed by atoms with Gasteiger partial charge in [0, 0.05) is 0 Å². The number of carboxylic acid groups (broad SMARTS) is 1. The summed E-state index contributed by atoms with van der Waals surface area (Å²) in [5, 5.41) is 9.27. The number of carbonyl (C=O) groups is 1. The van der Waals surface area contributed by atoms with Gasteiger partial charge in [-0.2, -0.15) is 0 Å². The van der Waals surface area contributed by atoms with Crippen LogP contribution in [-0.2, 0) is 10.0 Å². The third-order valence-corrected chi connectivity index (χ3v) is 6.33. The highest BCUT2D eigenvalue weighted by atomic mass is 35.5. The van der Waals surface area contributed by atoms with Gasteiger partial charge < -0.3 is 5.11 Å². The quantitative estimate of drug-likeness (QED) is 0.622. The first-order valence-electron chi connectivity index (χ1n) is 8.41. The molecule has 0 aromatic heterocycles. The number of carboxylic acids is 1. The Kier molecular flexibility index (Phi) is 5.45. The van der Waals surface area contributed by atoms with Gasteiger partial charge in [-0.15, -0.1) is 0 Å². The molecule has 0 aliphatic heterocycles. The maximum Gasteiger partial charge on any atom is 0.337 e. The van der Waals surface area contributed by atoms with Gasteiger partial charge in [0.05, 0.1) is 26.9 Å². The van der Waals surface area contributed by atoms with Gasteiger partial charge in [0.25, 0.3) is 10.0 Å². The molecular weight excluding hydrogens is 398 g/mol. The van der Waals surface area contributed by atoms with Gasteiger partial charge in [-0.1, -0.05) is 47.0 Å². The van der Waals surface area contributed by atoms with Crippen molar-refractivity contribution in [3.8, 4) is 0 Å². The van der Waals surface area contributed by atoms with E-state index in [9.17, 15) is 18.3 Å². The number of nitrogens with zero attached hydrogens (tertiary/aromatic N) is 1. The molecule has 0 fully saturated rings. The summed E-state index contributed by atoms with van der Waals surface area (Å²) >= 11 is 5.90. The molecule has 0 amide bonds. The first-order valence-corrected chi connectivity index (χ1v) is 10.2. The van der Waals surface area contributed by atoms with Crippen LogP contribution in [0.25, 0.3) is 0 Å². The van der Waals surface area contributed by atoms with Crippen LogP contribution in [0.3, 0.4) is 0 Å². The molecule has 0 saturated heterocycles. The minimum atomic E-state index is -4.09. The molecule has 28 heavy (non-hydrogen) atoms. The van der Waals surface area contributed by atoms with Crippen LogP contribution < -0.4 is 4.31 Å². The molecule has 0 unspecified atom stereocenters. The Hall–Kier alpha value is -2.83. The summed E-state index contributed by atoms with van der Waals surface area (Å²) in [4.78, 5) is 11.2. The van der Waals surface area contributed by atoms with E-state index in [1.807, 2.05) is 38.1 Å². The predicted octanol–water partition coefficient (Wildman–Crippen LogP) is 5.18. The van der Waals surface area contributed by atoms with Crippen molar-refractivity contribution in [1.29, 1.82) is 0 Å². The zero-order valence-corrected chi connectivity index (χ0v) is 16.8. The molecule has 0 atom stereocenters. The van der Waals surface area contributed by atoms with Gasteiger partial charge in [-0.3, -0.25) is 0 Å². The molecule has 0 bridgehead atoms. The van der Waals surface area contributed by atoms with Crippen LogP contribution in [0, 0.1) is 13.8 Å². The van der Waals surface area contributed by atoms with Gasteiger partial charge in [-0.05, 0) is 56.3 Å². The maximum atomic E-state index is 13.5. The van der Waals surface area contributed by atoms with E-state index in [0.29, 0.717) is 11.4 Å². The summed E-state index contributed by atoms with van der Waals surface area (Å²) in [5.74, 6) is -1.29. The third-order valence-electron chi connectivity index (χ3n) is 4.24. The molecule has 3 rings (SSSR count). The first kappa shape index (κ1) is 19.9.